The summed E-state index contributed by atoms with van der Waals surface area (Å²) in [7, 11) is 0. The Bertz CT molecular complexity index is 602. The summed E-state index contributed by atoms with van der Waals surface area (Å²) in [6, 6.07) is 8.94. The zero-order chi connectivity index (χ0) is 15.5. The second-order valence-electron chi connectivity index (χ2n) is 5.48. The topological polar surface area (TPSA) is 79.2 Å². The molecule has 0 radical (unpaired) electrons. The van der Waals surface area contributed by atoms with E-state index >= 15 is 0 Å². The number of rotatable bonds is 6. The molecule has 1 aliphatic rings. The van der Waals surface area contributed by atoms with E-state index in [1.807, 2.05) is 0 Å². The van der Waals surface area contributed by atoms with E-state index in [0.717, 1.165) is 12.8 Å². The quantitative estimate of drug-likeness (QED) is 0.812. The monoisotopic (exact) mass is 286 g/mol. The molecule has 1 aromatic rings. The lowest BCUT2D eigenvalue weighted by Crippen LogP contribution is -2.48. The molecule has 1 fully saturated rings. The third-order valence-corrected chi connectivity index (χ3v) is 3.65. The van der Waals surface area contributed by atoms with Gasteiger partial charge in [-0.3, -0.25) is 9.59 Å². The third kappa shape index (κ3) is 3.60. The minimum atomic E-state index is -0.833. The van der Waals surface area contributed by atoms with Crippen LogP contribution in [0.3, 0.4) is 0 Å². The third-order valence-electron chi connectivity index (χ3n) is 3.65. The van der Waals surface area contributed by atoms with E-state index in [0.29, 0.717) is 11.3 Å². The molecule has 21 heavy (non-hydrogen) atoms. The minimum absolute atomic E-state index is 0.120. The number of nitrogens with one attached hydrogen (secondary N) is 1. The number of ether oxygens (including phenoxy) is 1. The predicted molar refractivity (Wildman–Crippen MR) is 76.8 cm³/mol. The maximum absolute atomic E-state index is 11.9. The number of nitriles is 1. The molecule has 2 rings (SSSR count). The maximum Gasteiger partial charge on any atom is 0.259 e. The van der Waals surface area contributed by atoms with Gasteiger partial charge in [-0.1, -0.05) is 12.1 Å². The largest absolute Gasteiger partial charge is 0.483 e. The van der Waals surface area contributed by atoms with Crippen LogP contribution in [-0.2, 0) is 4.79 Å². The predicted octanol–water partition coefficient (Wildman–Crippen LogP) is 2.08. The molecule has 1 atom stereocenters. The molecule has 0 unspecified atom stereocenters. The van der Waals surface area contributed by atoms with Crippen molar-refractivity contribution >= 4 is 11.7 Å². The van der Waals surface area contributed by atoms with Crippen molar-refractivity contribution in [2.24, 2.45) is 5.92 Å². The van der Waals surface area contributed by atoms with Crippen LogP contribution in [0.5, 0.6) is 5.75 Å². The Balaban J connectivity index is 1.96. The average molecular weight is 286 g/mol. The van der Waals surface area contributed by atoms with Gasteiger partial charge in [-0.2, -0.15) is 5.26 Å². The molecule has 0 bridgehead atoms. The van der Waals surface area contributed by atoms with Crippen LogP contribution >= 0.6 is 0 Å². The number of para-hydroxylation sites is 1. The Hall–Kier alpha value is -2.35. The fourth-order valence-corrected chi connectivity index (χ4v) is 2.23. The van der Waals surface area contributed by atoms with Crippen LogP contribution in [0.15, 0.2) is 24.3 Å². The van der Waals surface area contributed by atoms with Crippen molar-refractivity contribution in [1.29, 1.82) is 5.26 Å². The Labute approximate surface area is 123 Å². The minimum Gasteiger partial charge on any atom is -0.483 e. The van der Waals surface area contributed by atoms with Crippen molar-refractivity contribution in [3.8, 4) is 11.8 Å². The van der Waals surface area contributed by atoms with Crippen molar-refractivity contribution in [3.05, 3.63) is 29.8 Å². The molecule has 0 aromatic heterocycles. The molecular weight excluding hydrogens is 268 g/mol. The van der Waals surface area contributed by atoms with Gasteiger partial charge in [-0.15, -0.1) is 0 Å². The SMILES string of the molecule is CC(=O)c1ccccc1OCC(=O)N[C@@](C)(C#N)C1CC1. The zero-order valence-corrected chi connectivity index (χ0v) is 12.2. The fraction of sp³-hybridized carbons (Fsp3) is 0.438. The van der Waals surface area contributed by atoms with Crippen molar-refractivity contribution in [2.45, 2.75) is 32.2 Å². The molecule has 1 aromatic carbocycles. The van der Waals surface area contributed by atoms with E-state index in [-0.39, 0.29) is 24.2 Å². The number of hydrogen-bond acceptors (Lipinski definition) is 4. The summed E-state index contributed by atoms with van der Waals surface area (Å²) < 4.78 is 5.41. The first-order valence-electron chi connectivity index (χ1n) is 6.91. The highest BCUT2D eigenvalue weighted by molar-refractivity contribution is 5.96. The van der Waals surface area contributed by atoms with Crippen LogP contribution < -0.4 is 10.1 Å². The highest BCUT2D eigenvalue weighted by Crippen LogP contribution is 2.39. The van der Waals surface area contributed by atoms with Gasteiger partial charge in [-0.25, -0.2) is 0 Å². The summed E-state index contributed by atoms with van der Waals surface area (Å²) in [4.78, 5) is 23.4. The number of amides is 1. The van der Waals surface area contributed by atoms with Crippen molar-refractivity contribution in [1.82, 2.24) is 5.32 Å². The van der Waals surface area contributed by atoms with Crippen LogP contribution in [0.25, 0.3) is 0 Å². The number of hydrogen-bond donors (Lipinski definition) is 1. The smallest absolute Gasteiger partial charge is 0.259 e. The lowest BCUT2D eigenvalue weighted by atomic mass is 9.98. The van der Waals surface area contributed by atoms with Gasteiger partial charge >= 0.3 is 0 Å². The van der Waals surface area contributed by atoms with Gasteiger partial charge in [0.2, 0.25) is 0 Å². The number of nitrogens with zero attached hydrogens (tertiary/aromatic N) is 1. The zero-order valence-electron chi connectivity index (χ0n) is 12.2. The molecule has 5 nitrogen and oxygen atoms in total. The lowest BCUT2D eigenvalue weighted by Gasteiger charge is -2.22. The summed E-state index contributed by atoms with van der Waals surface area (Å²) >= 11 is 0. The molecule has 0 spiro atoms. The van der Waals surface area contributed by atoms with E-state index in [1.165, 1.54) is 6.92 Å². The van der Waals surface area contributed by atoms with Gasteiger partial charge in [-0.05, 0) is 44.7 Å². The second kappa shape index (κ2) is 5.96. The summed E-state index contributed by atoms with van der Waals surface area (Å²) in [6.45, 7) is 2.96. The van der Waals surface area contributed by atoms with Crippen LogP contribution in [-0.4, -0.2) is 23.8 Å². The summed E-state index contributed by atoms with van der Waals surface area (Å²) in [5, 5.41) is 11.9. The first kappa shape index (κ1) is 15.0. The second-order valence-corrected chi connectivity index (χ2v) is 5.48. The summed E-state index contributed by atoms with van der Waals surface area (Å²) in [6.07, 6.45) is 1.91. The van der Waals surface area contributed by atoms with Gasteiger partial charge in [0.1, 0.15) is 11.3 Å². The standard InChI is InChI=1S/C16H18N2O3/c1-11(19)13-5-3-4-6-14(13)21-9-15(20)18-16(2,10-17)12-7-8-12/h3-6,12H,7-9H2,1-2H3,(H,18,20)/t16-/m0/s1. The Morgan fingerprint density at radius 2 is 2.10 bits per heavy atom. The fourth-order valence-electron chi connectivity index (χ4n) is 2.23. The van der Waals surface area contributed by atoms with Gasteiger partial charge < -0.3 is 10.1 Å². The normalized spacial score (nSPS) is 16.4. The molecule has 1 amide bonds. The molecule has 0 heterocycles. The summed E-state index contributed by atoms with van der Waals surface area (Å²) in [5.74, 6) is 0.122. The number of benzene rings is 1. The molecule has 1 aliphatic carbocycles. The Morgan fingerprint density at radius 3 is 2.67 bits per heavy atom. The molecular formula is C16H18N2O3. The number of carbonyl (C=O) groups excluding carboxylic acids is 2. The van der Waals surface area contributed by atoms with E-state index in [1.54, 1.807) is 31.2 Å². The molecule has 5 heteroatoms. The first-order valence-corrected chi connectivity index (χ1v) is 6.91. The van der Waals surface area contributed by atoms with Crippen molar-refractivity contribution in [2.75, 3.05) is 6.61 Å². The number of carbonyl (C=O) groups is 2. The Kier molecular flexibility index (Phi) is 4.27. The van der Waals surface area contributed by atoms with Crippen LogP contribution in [0.2, 0.25) is 0 Å². The molecule has 1 N–H and O–H groups in total. The molecule has 0 saturated heterocycles. The highest BCUT2D eigenvalue weighted by atomic mass is 16.5. The van der Waals surface area contributed by atoms with E-state index in [2.05, 4.69) is 11.4 Å². The first-order chi connectivity index (χ1) is 9.96. The van der Waals surface area contributed by atoms with Crippen LogP contribution in [0.4, 0.5) is 0 Å². The van der Waals surface area contributed by atoms with Crippen LogP contribution in [0.1, 0.15) is 37.0 Å². The van der Waals surface area contributed by atoms with Gasteiger partial charge in [0.25, 0.3) is 5.91 Å². The highest BCUT2D eigenvalue weighted by Gasteiger charge is 2.43. The summed E-state index contributed by atoms with van der Waals surface area (Å²) in [5.41, 5.74) is -0.392. The van der Waals surface area contributed by atoms with Gasteiger partial charge in [0.05, 0.1) is 11.6 Å². The van der Waals surface area contributed by atoms with E-state index < -0.39 is 5.54 Å². The van der Waals surface area contributed by atoms with Crippen LogP contribution in [0, 0.1) is 17.2 Å². The number of ketones is 1. The number of Topliss-reactive ketones (excluding diaryl/α,β-unsaturated/α-hetero) is 1. The van der Waals surface area contributed by atoms with Gasteiger partial charge in [0.15, 0.2) is 12.4 Å². The van der Waals surface area contributed by atoms with Crippen molar-refractivity contribution in [3.63, 3.8) is 0 Å². The van der Waals surface area contributed by atoms with Crippen molar-refractivity contribution < 1.29 is 14.3 Å². The maximum atomic E-state index is 11.9. The molecule has 0 aliphatic heterocycles. The average Bonchev–Trinajstić information content (AvgIpc) is 3.30. The van der Waals surface area contributed by atoms with E-state index in [4.69, 9.17) is 4.74 Å². The lowest BCUT2D eigenvalue weighted by molar-refractivity contribution is -0.124. The van der Waals surface area contributed by atoms with Gasteiger partial charge in [0, 0.05) is 0 Å². The van der Waals surface area contributed by atoms with E-state index in [9.17, 15) is 14.9 Å². The Morgan fingerprint density at radius 1 is 1.43 bits per heavy atom. The molecule has 1 saturated carbocycles. The molecule has 110 valence electrons.